The van der Waals surface area contributed by atoms with Crippen molar-refractivity contribution in [3.05, 3.63) is 80.8 Å². The van der Waals surface area contributed by atoms with Gasteiger partial charge in [-0.2, -0.15) is 5.01 Å². The molecule has 10 heteroatoms. The molecule has 6 nitrogen and oxygen atoms in total. The van der Waals surface area contributed by atoms with Crippen molar-refractivity contribution >= 4 is 69.9 Å². The van der Waals surface area contributed by atoms with Gasteiger partial charge in [0.1, 0.15) is 6.04 Å². The van der Waals surface area contributed by atoms with Gasteiger partial charge in [0.2, 0.25) is 0 Å². The lowest BCUT2D eigenvalue weighted by molar-refractivity contribution is -0.156. The van der Waals surface area contributed by atoms with Gasteiger partial charge < -0.3 is 0 Å². The molecule has 1 saturated heterocycles. The predicted octanol–water partition coefficient (Wildman–Crippen LogP) is 5.84. The Morgan fingerprint density at radius 2 is 1.49 bits per heavy atom. The summed E-state index contributed by atoms with van der Waals surface area (Å²) in [5.74, 6) is -3.56. The molecule has 0 bridgehead atoms. The van der Waals surface area contributed by atoms with Gasteiger partial charge in [0.05, 0.1) is 22.4 Å². The lowest BCUT2D eigenvalue weighted by Crippen LogP contribution is -2.57. The van der Waals surface area contributed by atoms with Crippen molar-refractivity contribution in [2.75, 3.05) is 5.88 Å². The first kappa shape index (κ1) is 25.7. The van der Waals surface area contributed by atoms with Crippen LogP contribution in [0.15, 0.2) is 54.6 Å². The van der Waals surface area contributed by atoms with Crippen molar-refractivity contribution in [1.82, 2.24) is 10.0 Å². The standard InChI is InChI=1S/C25H20Cl4N2O4/c26-12-11-21(22(32)14-5-7-15(27)8-6-14)30(25(35)19-10-9-16(28)13-20(19)29)31-23(33)17-3-1-2-4-18(17)24(31)34/h1-2,5-10,13,17-18,21H,3-4,11-12H2/t17-,18-,21+/m1/s1. The molecule has 3 amide bonds. The summed E-state index contributed by atoms with van der Waals surface area (Å²) in [7, 11) is 0. The first-order valence-corrected chi connectivity index (χ1v) is 12.6. The van der Waals surface area contributed by atoms with Crippen LogP contribution in [0.3, 0.4) is 0 Å². The van der Waals surface area contributed by atoms with Gasteiger partial charge in [-0.3, -0.25) is 19.2 Å². The highest BCUT2D eigenvalue weighted by Gasteiger charge is 2.53. The molecule has 4 rings (SSSR count). The van der Waals surface area contributed by atoms with Crippen molar-refractivity contribution in [2.24, 2.45) is 11.8 Å². The van der Waals surface area contributed by atoms with Gasteiger partial charge in [-0.05, 0) is 61.7 Å². The van der Waals surface area contributed by atoms with Crippen molar-refractivity contribution in [3.8, 4) is 0 Å². The summed E-state index contributed by atoms with van der Waals surface area (Å²) in [4.78, 5) is 54.4. The Labute approximate surface area is 222 Å². The third-order valence-corrected chi connectivity index (χ3v) is 7.20. The largest absolute Gasteiger partial charge is 0.292 e. The van der Waals surface area contributed by atoms with E-state index in [1.807, 2.05) is 12.2 Å². The Kier molecular flexibility index (Phi) is 7.86. The Morgan fingerprint density at radius 1 is 0.914 bits per heavy atom. The number of hydrazine groups is 1. The summed E-state index contributed by atoms with van der Waals surface area (Å²) in [5.41, 5.74) is 0.246. The number of ketones is 1. The first-order valence-electron chi connectivity index (χ1n) is 10.9. The molecule has 182 valence electrons. The van der Waals surface area contributed by atoms with E-state index in [0.29, 0.717) is 22.9 Å². The van der Waals surface area contributed by atoms with Crippen molar-refractivity contribution in [3.63, 3.8) is 0 Å². The molecule has 1 aliphatic carbocycles. The van der Waals surface area contributed by atoms with Crippen LogP contribution in [0.5, 0.6) is 0 Å². The molecule has 0 N–H and O–H groups in total. The van der Waals surface area contributed by atoms with Crippen LogP contribution in [0.2, 0.25) is 15.1 Å². The van der Waals surface area contributed by atoms with Crippen LogP contribution >= 0.6 is 46.4 Å². The first-order chi connectivity index (χ1) is 16.7. The van der Waals surface area contributed by atoms with Crippen molar-refractivity contribution in [2.45, 2.75) is 25.3 Å². The SMILES string of the molecule is O=C(c1ccc(Cl)cc1)[C@H](CCCl)N(C(=O)c1ccc(Cl)cc1Cl)N1C(=O)[C@@H]2CC=CC[C@H]2C1=O. The second kappa shape index (κ2) is 10.7. The number of amides is 3. The number of alkyl halides is 1. The maximum atomic E-state index is 13.9. The molecule has 2 aromatic rings. The summed E-state index contributed by atoms with van der Waals surface area (Å²) in [5, 5.41) is 2.50. The summed E-state index contributed by atoms with van der Waals surface area (Å²) in [6, 6.07) is 9.11. The highest BCUT2D eigenvalue weighted by atomic mass is 35.5. The molecule has 1 fully saturated rings. The van der Waals surface area contributed by atoms with E-state index >= 15 is 0 Å². The van der Waals surface area contributed by atoms with Crippen LogP contribution in [-0.2, 0) is 9.59 Å². The van der Waals surface area contributed by atoms with Gasteiger partial charge in [-0.25, -0.2) is 5.01 Å². The van der Waals surface area contributed by atoms with Gasteiger partial charge >= 0.3 is 0 Å². The molecule has 1 heterocycles. The third-order valence-electron chi connectivity index (χ3n) is 6.18. The number of hydrogen-bond donors (Lipinski definition) is 0. The van der Waals surface area contributed by atoms with E-state index in [1.54, 1.807) is 12.1 Å². The number of rotatable bonds is 7. The van der Waals surface area contributed by atoms with Gasteiger partial charge in [-0.15, -0.1) is 11.6 Å². The zero-order valence-corrected chi connectivity index (χ0v) is 21.3. The summed E-state index contributed by atoms with van der Waals surface area (Å²) in [6.45, 7) is 0. The van der Waals surface area contributed by atoms with Crippen LogP contribution in [0.1, 0.15) is 40.0 Å². The second-order valence-electron chi connectivity index (χ2n) is 8.28. The fourth-order valence-corrected chi connectivity index (χ4v) is 5.25. The lowest BCUT2D eigenvalue weighted by Gasteiger charge is -2.36. The van der Waals surface area contributed by atoms with Gasteiger partial charge in [0, 0.05) is 21.5 Å². The van der Waals surface area contributed by atoms with Crippen LogP contribution < -0.4 is 0 Å². The summed E-state index contributed by atoms with van der Waals surface area (Å²) in [6.07, 6.45) is 4.42. The topological polar surface area (TPSA) is 74.8 Å². The second-order valence-corrected chi connectivity index (χ2v) is 9.94. The van der Waals surface area contributed by atoms with E-state index in [-0.39, 0.29) is 28.5 Å². The molecule has 0 aromatic heterocycles. The number of carbonyl (C=O) groups excluding carboxylic acids is 4. The molecule has 0 saturated carbocycles. The van der Waals surface area contributed by atoms with E-state index in [9.17, 15) is 19.2 Å². The third kappa shape index (κ3) is 4.98. The Balaban J connectivity index is 1.83. The van der Waals surface area contributed by atoms with E-state index in [1.165, 1.54) is 30.3 Å². The van der Waals surface area contributed by atoms with Crippen LogP contribution in [0, 0.1) is 11.8 Å². The van der Waals surface area contributed by atoms with E-state index in [4.69, 9.17) is 46.4 Å². The fourth-order valence-electron chi connectivity index (χ4n) is 4.43. The monoisotopic (exact) mass is 552 g/mol. The number of Topliss-reactive ketones (excluding diaryl/α,β-unsaturated/α-hetero) is 1. The molecule has 0 radical (unpaired) electrons. The number of halogens is 4. The lowest BCUT2D eigenvalue weighted by atomic mass is 9.85. The fraction of sp³-hybridized carbons (Fsp3) is 0.280. The molecule has 0 spiro atoms. The van der Waals surface area contributed by atoms with E-state index in [0.717, 1.165) is 10.0 Å². The number of hydrogen-bond acceptors (Lipinski definition) is 4. The number of benzene rings is 2. The number of nitrogens with zero attached hydrogens (tertiary/aromatic N) is 2. The Hall–Kier alpha value is -2.38. The maximum Gasteiger partial charge on any atom is 0.275 e. The van der Waals surface area contributed by atoms with Gasteiger partial charge in [0.15, 0.2) is 5.78 Å². The van der Waals surface area contributed by atoms with Crippen LogP contribution in [0.4, 0.5) is 0 Å². The van der Waals surface area contributed by atoms with Crippen LogP contribution in [0.25, 0.3) is 0 Å². The Bertz CT molecular complexity index is 1190. The average Bonchev–Trinajstić information content (AvgIpc) is 3.09. The minimum Gasteiger partial charge on any atom is -0.292 e. The normalized spacial score (nSPS) is 20.1. The maximum absolute atomic E-state index is 13.9. The molecular weight excluding hydrogens is 534 g/mol. The molecule has 2 aromatic carbocycles. The smallest absolute Gasteiger partial charge is 0.275 e. The summed E-state index contributed by atoms with van der Waals surface area (Å²) < 4.78 is 0. The highest BCUT2D eigenvalue weighted by molar-refractivity contribution is 6.37. The van der Waals surface area contributed by atoms with Gasteiger partial charge in [-0.1, -0.05) is 47.0 Å². The minimum atomic E-state index is -1.24. The highest BCUT2D eigenvalue weighted by Crippen LogP contribution is 2.38. The number of carbonyl (C=O) groups is 4. The van der Waals surface area contributed by atoms with Crippen molar-refractivity contribution < 1.29 is 19.2 Å². The predicted molar refractivity (Wildman–Crippen MR) is 135 cm³/mol. The quantitative estimate of drug-likeness (QED) is 0.187. The molecule has 1 aliphatic heterocycles. The van der Waals surface area contributed by atoms with Gasteiger partial charge in [0.25, 0.3) is 17.7 Å². The van der Waals surface area contributed by atoms with E-state index in [2.05, 4.69) is 0 Å². The zero-order valence-electron chi connectivity index (χ0n) is 18.3. The number of imide groups is 1. The molecule has 3 atom stereocenters. The van der Waals surface area contributed by atoms with Crippen LogP contribution in [-0.4, -0.2) is 45.4 Å². The molecule has 35 heavy (non-hydrogen) atoms. The number of allylic oxidation sites excluding steroid dienone is 2. The number of fused-ring (bicyclic) bond motifs is 1. The van der Waals surface area contributed by atoms with E-state index < -0.39 is 41.4 Å². The Morgan fingerprint density at radius 3 is 2.03 bits per heavy atom. The molecular formula is C25H20Cl4N2O4. The summed E-state index contributed by atoms with van der Waals surface area (Å²) >= 11 is 24.3. The average molecular weight is 554 g/mol. The minimum absolute atomic E-state index is 0.00635. The molecule has 0 unspecified atom stereocenters. The molecule has 2 aliphatic rings. The van der Waals surface area contributed by atoms with Crippen molar-refractivity contribution in [1.29, 1.82) is 0 Å². The zero-order chi connectivity index (χ0) is 25.3.